The van der Waals surface area contributed by atoms with E-state index in [4.69, 9.17) is 4.74 Å². The maximum atomic E-state index is 11.9. The number of hydrogen-bond donors (Lipinski definition) is 0. The number of aromatic nitrogens is 1. The van der Waals surface area contributed by atoms with Crippen molar-refractivity contribution < 1.29 is 9.53 Å². The molecule has 100 valence electrons. The van der Waals surface area contributed by atoms with E-state index in [1.807, 2.05) is 56.3 Å². The summed E-state index contributed by atoms with van der Waals surface area (Å²) in [5.41, 5.74) is 2.39. The molecule has 0 spiro atoms. The average Bonchev–Trinajstić information content (AvgIpc) is 2.43. The summed E-state index contributed by atoms with van der Waals surface area (Å²) < 4.78 is 5.21. The summed E-state index contributed by atoms with van der Waals surface area (Å²) in [5, 5.41) is 2.01. The topological polar surface area (TPSA) is 39.2 Å². The van der Waals surface area contributed by atoms with Gasteiger partial charge in [0.25, 0.3) is 0 Å². The van der Waals surface area contributed by atoms with E-state index < -0.39 is 0 Å². The number of esters is 1. The number of benzene rings is 2. The number of fused-ring (bicyclic) bond motifs is 2. The standard InChI is InChI=1S/C17H15NO2/c1-11(2)20-17(19)13-7-8-16-14(10-13)9-12-5-3-4-6-15(12)18-16/h3-11H,1-2H3. The largest absolute Gasteiger partial charge is 0.459 e. The molecule has 0 amide bonds. The minimum atomic E-state index is -0.296. The van der Waals surface area contributed by atoms with Gasteiger partial charge in [-0.2, -0.15) is 0 Å². The van der Waals surface area contributed by atoms with Gasteiger partial charge in [-0.1, -0.05) is 18.2 Å². The van der Waals surface area contributed by atoms with Crippen LogP contribution in [0.4, 0.5) is 0 Å². The molecule has 3 heteroatoms. The molecule has 0 saturated carbocycles. The molecule has 0 aliphatic carbocycles. The van der Waals surface area contributed by atoms with E-state index in [1.165, 1.54) is 0 Å². The monoisotopic (exact) mass is 265 g/mol. The van der Waals surface area contributed by atoms with Crippen LogP contribution in [0.25, 0.3) is 21.8 Å². The predicted molar refractivity (Wildman–Crippen MR) is 79.8 cm³/mol. The van der Waals surface area contributed by atoms with Crippen LogP contribution in [0, 0.1) is 0 Å². The first kappa shape index (κ1) is 12.6. The molecule has 3 aromatic rings. The molecule has 1 aromatic heterocycles. The van der Waals surface area contributed by atoms with Gasteiger partial charge in [-0.05, 0) is 44.2 Å². The zero-order chi connectivity index (χ0) is 14.1. The Balaban J connectivity index is 2.10. The van der Waals surface area contributed by atoms with Crippen molar-refractivity contribution in [1.29, 1.82) is 0 Å². The fourth-order valence-corrected chi connectivity index (χ4v) is 2.19. The summed E-state index contributed by atoms with van der Waals surface area (Å²) in [6, 6.07) is 15.4. The van der Waals surface area contributed by atoms with Crippen LogP contribution in [0.15, 0.2) is 48.5 Å². The summed E-state index contributed by atoms with van der Waals surface area (Å²) in [5.74, 6) is -0.296. The van der Waals surface area contributed by atoms with Gasteiger partial charge in [0.2, 0.25) is 0 Å². The van der Waals surface area contributed by atoms with Crippen LogP contribution >= 0.6 is 0 Å². The predicted octanol–water partition coefficient (Wildman–Crippen LogP) is 3.95. The van der Waals surface area contributed by atoms with Gasteiger partial charge in [0.15, 0.2) is 0 Å². The third kappa shape index (κ3) is 2.35. The Kier molecular flexibility index (Phi) is 3.11. The van der Waals surface area contributed by atoms with Crippen LogP contribution in [-0.4, -0.2) is 17.1 Å². The molecule has 0 N–H and O–H groups in total. The van der Waals surface area contributed by atoms with Crippen LogP contribution in [0.3, 0.4) is 0 Å². The zero-order valence-electron chi connectivity index (χ0n) is 11.5. The van der Waals surface area contributed by atoms with Crippen molar-refractivity contribution in [2.45, 2.75) is 20.0 Å². The number of rotatable bonds is 2. The van der Waals surface area contributed by atoms with Crippen LogP contribution in [0.5, 0.6) is 0 Å². The lowest BCUT2D eigenvalue weighted by molar-refractivity contribution is 0.0378. The van der Waals surface area contributed by atoms with E-state index >= 15 is 0 Å². The zero-order valence-corrected chi connectivity index (χ0v) is 11.5. The molecule has 1 heterocycles. The Labute approximate surface area is 117 Å². The highest BCUT2D eigenvalue weighted by Crippen LogP contribution is 2.21. The Morgan fingerprint density at radius 3 is 2.55 bits per heavy atom. The van der Waals surface area contributed by atoms with Crippen molar-refractivity contribution in [2.24, 2.45) is 0 Å². The molecular formula is C17H15NO2. The number of ether oxygens (including phenoxy) is 1. The highest BCUT2D eigenvalue weighted by Gasteiger charge is 2.10. The third-order valence-electron chi connectivity index (χ3n) is 3.09. The average molecular weight is 265 g/mol. The Bertz CT molecular complexity index is 793. The molecule has 3 nitrogen and oxygen atoms in total. The van der Waals surface area contributed by atoms with Gasteiger partial charge in [0.1, 0.15) is 0 Å². The molecule has 0 saturated heterocycles. The van der Waals surface area contributed by atoms with E-state index in [0.29, 0.717) is 5.56 Å². The first-order valence-corrected chi connectivity index (χ1v) is 6.64. The van der Waals surface area contributed by atoms with Gasteiger partial charge in [0, 0.05) is 10.8 Å². The van der Waals surface area contributed by atoms with E-state index in [0.717, 1.165) is 21.8 Å². The van der Waals surface area contributed by atoms with Crippen molar-refractivity contribution >= 4 is 27.8 Å². The number of carbonyl (C=O) groups is 1. The second kappa shape index (κ2) is 4.93. The third-order valence-corrected chi connectivity index (χ3v) is 3.09. The van der Waals surface area contributed by atoms with Gasteiger partial charge in [-0.25, -0.2) is 9.78 Å². The molecule has 0 bridgehead atoms. The molecule has 0 radical (unpaired) electrons. The first-order valence-electron chi connectivity index (χ1n) is 6.64. The highest BCUT2D eigenvalue weighted by molar-refractivity contribution is 5.98. The van der Waals surface area contributed by atoms with Gasteiger partial charge >= 0.3 is 5.97 Å². The van der Waals surface area contributed by atoms with Crippen LogP contribution in [0.1, 0.15) is 24.2 Å². The molecular weight excluding hydrogens is 250 g/mol. The lowest BCUT2D eigenvalue weighted by atomic mass is 10.1. The Hall–Kier alpha value is -2.42. The number of hydrogen-bond acceptors (Lipinski definition) is 3. The van der Waals surface area contributed by atoms with Gasteiger partial charge in [-0.3, -0.25) is 0 Å². The van der Waals surface area contributed by atoms with Crippen LogP contribution < -0.4 is 0 Å². The van der Waals surface area contributed by atoms with E-state index in [-0.39, 0.29) is 12.1 Å². The molecule has 0 aliphatic rings. The second-order valence-corrected chi connectivity index (χ2v) is 5.04. The maximum Gasteiger partial charge on any atom is 0.338 e. The van der Waals surface area contributed by atoms with Crippen molar-refractivity contribution in [3.05, 3.63) is 54.1 Å². The van der Waals surface area contributed by atoms with Crippen LogP contribution in [-0.2, 0) is 4.74 Å². The molecule has 3 rings (SSSR count). The minimum absolute atomic E-state index is 0.118. The minimum Gasteiger partial charge on any atom is -0.459 e. The smallest absolute Gasteiger partial charge is 0.338 e. The quantitative estimate of drug-likeness (QED) is 0.520. The van der Waals surface area contributed by atoms with Crippen molar-refractivity contribution in [1.82, 2.24) is 4.98 Å². The van der Waals surface area contributed by atoms with Crippen molar-refractivity contribution in [2.75, 3.05) is 0 Å². The van der Waals surface area contributed by atoms with Crippen molar-refractivity contribution in [3.8, 4) is 0 Å². The van der Waals surface area contributed by atoms with E-state index in [2.05, 4.69) is 4.98 Å². The van der Waals surface area contributed by atoms with E-state index in [1.54, 1.807) is 6.07 Å². The summed E-state index contributed by atoms with van der Waals surface area (Å²) in [4.78, 5) is 16.5. The van der Waals surface area contributed by atoms with Gasteiger partial charge in [-0.15, -0.1) is 0 Å². The lowest BCUT2D eigenvalue weighted by Crippen LogP contribution is -2.11. The maximum absolute atomic E-state index is 11.9. The normalized spacial score (nSPS) is 11.2. The molecule has 2 aromatic carbocycles. The lowest BCUT2D eigenvalue weighted by Gasteiger charge is -2.08. The SMILES string of the molecule is CC(C)OC(=O)c1ccc2nc3ccccc3cc2c1. The highest BCUT2D eigenvalue weighted by atomic mass is 16.5. The van der Waals surface area contributed by atoms with Gasteiger partial charge in [0.05, 0.1) is 22.7 Å². The molecule has 0 atom stereocenters. The molecule has 0 aliphatic heterocycles. The fourth-order valence-electron chi connectivity index (χ4n) is 2.19. The molecule has 0 fully saturated rings. The van der Waals surface area contributed by atoms with Crippen molar-refractivity contribution in [3.63, 3.8) is 0 Å². The Morgan fingerprint density at radius 1 is 1.00 bits per heavy atom. The molecule has 20 heavy (non-hydrogen) atoms. The van der Waals surface area contributed by atoms with Gasteiger partial charge < -0.3 is 4.74 Å². The summed E-state index contributed by atoms with van der Waals surface area (Å²) in [7, 11) is 0. The summed E-state index contributed by atoms with van der Waals surface area (Å²) in [6.45, 7) is 3.68. The number of nitrogens with zero attached hydrogens (tertiary/aromatic N) is 1. The number of para-hydroxylation sites is 1. The second-order valence-electron chi connectivity index (χ2n) is 5.04. The summed E-state index contributed by atoms with van der Waals surface area (Å²) in [6.07, 6.45) is -0.118. The number of carbonyl (C=O) groups excluding carboxylic acids is 1. The molecule has 0 unspecified atom stereocenters. The Morgan fingerprint density at radius 2 is 1.75 bits per heavy atom. The van der Waals surface area contributed by atoms with Crippen LogP contribution in [0.2, 0.25) is 0 Å². The van der Waals surface area contributed by atoms with E-state index in [9.17, 15) is 4.79 Å². The summed E-state index contributed by atoms with van der Waals surface area (Å²) >= 11 is 0. The first-order chi connectivity index (χ1) is 9.63. The number of pyridine rings is 1. The fraction of sp³-hybridized carbons (Fsp3) is 0.176.